The Kier molecular flexibility index (Phi) is 4.76. The van der Waals surface area contributed by atoms with Gasteiger partial charge in [-0.25, -0.2) is 0 Å². The standard InChI is InChI=1S/C30H38N4O4/c1-19-15-31-33(16-19)18-24(35)34-12-3-8-28(34)9-10-30(36)23-14-21-6-7-22(37-2)26-25(21)29(30,27(28)38-26)11-13-32(23)17-20-4-5-20/h6-7,15-16,20,23,27,36H,3-5,8-14,17-18H2,1-2H3/t23-,27+,28-,29+,30-/m1/s1. The number of aliphatic hydroxyl groups is 1. The number of carbonyl (C=O) groups excluding carboxylic acids is 1. The van der Waals surface area contributed by atoms with E-state index in [0.29, 0.717) is 6.42 Å². The van der Waals surface area contributed by atoms with Crippen LogP contribution in [-0.2, 0) is 23.2 Å². The molecule has 6 aliphatic rings. The fourth-order valence-corrected chi connectivity index (χ4v) is 9.32. The number of nitrogens with zero attached hydrogens (tertiary/aromatic N) is 4. The molecule has 8 rings (SSSR count). The normalized spacial score (nSPS) is 36.9. The average Bonchev–Trinajstić information content (AvgIpc) is 3.28. The van der Waals surface area contributed by atoms with Gasteiger partial charge in [0.15, 0.2) is 11.5 Å². The van der Waals surface area contributed by atoms with E-state index in [1.54, 1.807) is 18.0 Å². The lowest BCUT2D eigenvalue weighted by Crippen LogP contribution is -2.80. The minimum Gasteiger partial charge on any atom is -0.493 e. The molecule has 1 N–H and O–H groups in total. The molecule has 4 heterocycles. The summed E-state index contributed by atoms with van der Waals surface area (Å²) < 4.78 is 14.6. The van der Waals surface area contributed by atoms with Crippen molar-refractivity contribution in [2.75, 3.05) is 26.7 Å². The van der Waals surface area contributed by atoms with Gasteiger partial charge < -0.3 is 19.5 Å². The Bertz CT molecular complexity index is 1320. The molecule has 8 heteroatoms. The predicted molar refractivity (Wildman–Crippen MR) is 140 cm³/mol. The molecule has 5 atom stereocenters. The molecule has 3 aliphatic heterocycles. The van der Waals surface area contributed by atoms with Crippen molar-refractivity contribution in [3.63, 3.8) is 0 Å². The van der Waals surface area contributed by atoms with Crippen LogP contribution in [0.5, 0.6) is 11.5 Å². The first-order valence-electron chi connectivity index (χ1n) is 14.5. The Morgan fingerprint density at radius 2 is 2.08 bits per heavy atom. The Labute approximate surface area is 223 Å². The number of fused-ring (bicyclic) bond motifs is 1. The molecular weight excluding hydrogens is 480 g/mol. The molecule has 2 bridgehead atoms. The molecule has 0 radical (unpaired) electrons. The van der Waals surface area contributed by atoms with Gasteiger partial charge in [-0.3, -0.25) is 14.4 Å². The van der Waals surface area contributed by atoms with Crippen LogP contribution in [0, 0.1) is 12.8 Å². The van der Waals surface area contributed by atoms with E-state index in [4.69, 9.17) is 9.47 Å². The van der Waals surface area contributed by atoms with Crippen molar-refractivity contribution < 1.29 is 19.4 Å². The lowest BCUT2D eigenvalue weighted by atomic mass is 9.45. The molecule has 38 heavy (non-hydrogen) atoms. The van der Waals surface area contributed by atoms with Gasteiger partial charge >= 0.3 is 0 Å². The van der Waals surface area contributed by atoms with Crippen molar-refractivity contribution in [1.82, 2.24) is 19.6 Å². The predicted octanol–water partition coefficient (Wildman–Crippen LogP) is 2.83. The van der Waals surface area contributed by atoms with Crippen molar-refractivity contribution >= 4 is 5.91 Å². The van der Waals surface area contributed by atoms with Crippen LogP contribution in [0.4, 0.5) is 0 Å². The minimum atomic E-state index is -0.878. The molecule has 3 aliphatic carbocycles. The van der Waals surface area contributed by atoms with E-state index >= 15 is 0 Å². The van der Waals surface area contributed by atoms with Gasteiger partial charge in [0.05, 0.1) is 29.9 Å². The lowest BCUT2D eigenvalue weighted by molar-refractivity contribution is -0.217. The van der Waals surface area contributed by atoms with Gasteiger partial charge in [0.2, 0.25) is 5.91 Å². The molecule has 202 valence electrons. The second kappa shape index (κ2) is 7.75. The molecule has 2 saturated heterocycles. The monoisotopic (exact) mass is 518 g/mol. The number of aromatic nitrogens is 2. The molecule has 1 aromatic heterocycles. The first kappa shape index (κ1) is 23.3. The van der Waals surface area contributed by atoms with Crippen LogP contribution in [0.25, 0.3) is 0 Å². The third kappa shape index (κ3) is 2.83. The topological polar surface area (TPSA) is 80.1 Å². The van der Waals surface area contributed by atoms with E-state index in [9.17, 15) is 9.90 Å². The van der Waals surface area contributed by atoms with Gasteiger partial charge in [-0.2, -0.15) is 5.10 Å². The van der Waals surface area contributed by atoms with Crippen LogP contribution in [0.3, 0.4) is 0 Å². The van der Waals surface area contributed by atoms with E-state index < -0.39 is 16.6 Å². The molecule has 0 unspecified atom stereocenters. The maximum Gasteiger partial charge on any atom is 0.244 e. The van der Waals surface area contributed by atoms with E-state index in [2.05, 4.69) is 21.0 Å². The summed E-state index contributed by atoms with van der Waals surface area (Å²) in [5.74, 6) is 2.43. The number of hydrogen-bond acceptors (Lipinski definition) is 6. The van der Waals surface area contributed by atoms with Gasteiger partial charge in [-0.05, 0) is 87.9 Å². The van der Waals surface area contributed by atoms with Gasteiger partial charge in [-0.15, -0.1) is 0 Å². The highest BCUT2D eigenvalue weighted by Gasteiger charge is 2.77. The second-order valence-electron chi connectivity index (χ2n) is 12.9. The largest absolute Gasteiger partial charge is 0.493 e. The summed E-state index contributed by atoms with van der Waals surface area (Å²) in [7, 11) is 1.70. The number of carbonyl (C=O) groups is 1. The first-order chi connectivity index (χ1) is 18.4. The summed E-state index contributed by atoms with van der Waals surface area (Å²) in [5.41, 5.74) is 1.67. The molecule has 1 aromatic carbocycles. The molecule has 1 amide bonds. The number of ether oxygens (including phenoxy) is 2. The van der Waals surface area contributed by atoms with Crippen molar-refractivity contribution in [3.8, 4) is 11.5 Å². The number of hydrogen-bond donors (Lipinski definition) is 1. The molecule has 4 fully saturated rings. The van der Waals surface area contributed by atoms with Crippen LogP contribution >= 0.6 is 0 Å². The Morgan fingerprint density at radius 1 is 1.21 bits per heavy atom. The number of amides is 1. The van der Waals surface area contributed by atoms with Crippen molar-refractivity contribution in [1.29, 1.82) is 0 Å². The highest BCUT2D eigenvalue weighted by molar-refractivity contribution is 5.78. The molecule has 2 aromatic rings. The smallest absolute Gasteiger partial charge is 0.244 e. The van der Waals surface area contributed by atoms with E-state index in [1.807, 2.05) is 19.2 Å². The van der Waals surface area contributed by atoms with Gasteiger partial charge in [0.1, 0.15) is 12.6 Å². The lowest BCUT2D eigenvalue weighted by Gasteiger charge is -2.67. The minimum absolute atomic E-state index is 0.0877. The molecule has 2 saturated carbocycles. The summed E-state index contributed by atoms with van der Waals surface area (Å²) in [6.45, 7) is 5.02. The first-order valence-corrected chi connectivity index (χ1v) is 14.5. The quantitative estimate of drug-likeness (QED) is 0.656. The number of aryl methyl sites for hydroxylation is 1. The van der Waals surface area contributed by atoms with Crippen LogP contribution in [0.15, 0.2) is 24.5 Å². The molecular formula is C30H38N4O4. The maximum atomic E-state index is 13.9. The summed E-state index contributed by atoms with van der Waals surface area (Å²) in [6, 6.07) is 4.33. The molecule has 2 spiro atoms. The van der Waals surface area contributed by atoms with Crippen LogP contribution in [0.2, 0.25) is 0 Å². The third-order valence-corrected chi connectivity index (χ3v) is 11.0. The van der Waals surface area contributed by atoms with Crippen molar-refractivity contribution in [2.24, 2.45) is 5.92 Å². The third-order valence-electron chi connectivity index (χ3n) is 11.0. The van der Waals surface area contributed by atoms with E-state index in [-0.39, 0.29) is 24.6 Å². The highest BCUT2D eigenvalue weighted by atomic mass is 16.5. The Morgan fingerprint density at radius 3 is 2.84 bits per heavy atom. The van der Waals surface area contributed by atoms with Crippen molar-refractivity contribution in [3.05, 3.63) is 41.2 Å². The Balaban J connectivity index is 1.25. The zero-order valence-electron chi connectivity index (χ0n) is 22.5. The summed E-state index contributed by atoms with van der Waals surface area (Å²) in [5, 5.41) is 17.3. The summed E-state index contributed by atoms with van der Waals surface area (Å²) in [6.07, 6.45) is 11.1. The van der Waals surface area contributed by atoms with Gasteiger partial charge in [-0.1, -0.05) is 6.07 Å². The fourth-order valence-electron chi connectivity index (χ4n) is 9.32. The zero-order chi connectivity index (χ0) is 25.9. The zero-order valence-corrected chi connectivity index (χ0v) is 22.5. The van der Waals surface area contributed by atoms with Crippen LogP contribution < -0.4 is 9.47 Å². The molecule has 8 nitrogen and oxygen atoms in total. The fraction of sp³-hybridized carbons (Fsp3) is 0.667. The van der Waals surface area contributed by atoms with Crippen molar-refractivity contribution in [2.45, 2.75) is 93.5 Å². The van der Waals surface area contributed by atoms with Gasteiger partial charge in [0.25, 0.3) is 0 Å². The summed E-state index contributed by atoms with van der Waals surface area (Å²) >= 11 is 0. The number of piperidine rings is 1. The number of methoxy groups -OCH3 is 1. The number of likely N-dealkylation sites (tertiary alicyclic amines) is 2. The highest BCUT2D eigenvalue weighted by Crippen LogP contribution is 2.69. The van der Waals surface area contributed by atoms with Gasteiger partial charge in [0, 0.05) is 30.9 Å². The maximum absolute atomic E-state index is 13.9. The number of rotatable bonds is 5. The van der Waals surface area contributed by atoms with Crippen LogP contribution in [-0.4, -0.2) is 80.6 Å². The average molecular weight is 519 g/mol. The van der Waals surface area contributed by atoms with E-state index in [1.165, 1.54) is 24.0 Å². The Hall–Kier alpha value is -2.58. The summed E-state index contributed by atoms with van der Waals surface area (Å²) in [4.78, 5) is 18.6. The SMILES string of the molecule is COc1ccc2c3c1O[C@H]1[C@@]4(CCCN4C(=O)Cn4cc(C)cn4)CC[C@@]4(O)[C@@H](C2)N(CC2CC2)CC[C@]314. The van der Waals surface area contributed by atoms with E-state index in [0.717, 1.165) is 74.7 Å². The second-order valence-corrected chi connectivity index (χ2v) is 12.9. The van der Waals surface area contributed by atoms with Crippen LogP contribution in [0.1, 0.15) is 61.6 Å². The number of benzene rings is 1.